The Kier molecular flexibility index (Phi) is 10.5. The van der Waals surface area contributed by atoms with Crippen LogP contribution >= 0.6 is 11.8 Å². The van der Waals surface area contributed by atoms with Gasteiger partial charge in [-0.25, -0.2) is 4.39 Å². The molecular formula is C23H32FNO3SSi. The number of thioether (sulfide) groups is 1. The third kappa shape index (κ3) is 8.86. The van der Waals surface area contributed by atoms with Gasteiger partial charge >= 0.3 is 5.97 Å². The molecule has 0 aliphatic heterocycles. The summed E-state index contributed by atoms with van der Waals surface area (Å²) in [7, 11) is -2.19. The first kappa shape index (κ1) is 26.2. The molecule has 30 heavy (non-hydrogen) atoms. The van der Waals surface area contributed by atoms with Crippen LogP contribution in [0.25, 0.3) is 0 Å². The Labute approximate surface area is 185 Å². The molecule has 0 N–H and O–H groups in total. The third-order valence-corrected chi connectivity index (χ3v) is 10.7. The van der Waals surface area contributed by atoms with Crippen molar-refractivity contribution in [3.05, 3.63) is 54.4 Å². The number of hydrogen-bond donors (Lipinski definition) is 0. The summed E-state index contributed by atoms with van der Waals surface area (Å²) in [5.74, 6) is -0.615. The lowest BCUT2D eigenvalue weighted by Gasteiger charge is -2.40. The van der Waals surface area contributed by atoms with E-state index in [2.05, 4.69) is 33.9 Å². The van der Waals surface area contributed by atoms with Crippen LogP contribution in [0.5, 0.6) is 0 Å². The van der Waals surface area contributed by atoms with E-state index in [4.69, 9.17) is 14.4 Å². The van der Waals surface area contributed by atoms with Crippen LogP contribution in [0.15, 0.2) is 53.5 Å². The van der Waals surface area contributed by atoms with E-state index < -0.39 is 14.4 Å². The number of hydrogen-bond acceptors (Lipinski definition) is 5. The average Bonchev–Trinajstić information content (AvgIpc) is 2.64. The number of nitriles is 1. The summed E-state index contributed by atoms with van der Waals surface area (Å²) in [6, 6.07) is 8.19. The van der Waals surface area contributed by atoms with E-state index in [1.54, 1.807) is 31.2 Å². The summed E-state index contributed by atoms with van der Waals surface area (Å²) in [6.45, 7) is 12.8. The summed E-state index contributed by atoms with van der Waals surface area (Å²) in [6.07, 6.45) is 6.41. The van der Waals surface area contributed by atoms with Crippen molar-refractivity contribution in [2.24, 2.45) is 0 Å². The highest BCUT2D eigenvalue weighted by atomic mass is 32.2. The fourth-order valence-corrected chi connectivity index (χ4v) is 4.87. The molecule has 164 valence electrons. The molecule has 0 aromatic heterocycles. The summed E-state index contributed by atoms with van der Waals surface area (Å²) < 4.78 is 25.2. The van der Waals surface area contributed by atoms with Crippen LogP contribution in [0.3, 0.4) is 0 Å². The molecule has 1 aromatic carbocycles. The highest BCUT2D eigenvalue weighted by Crippen LogP contribution is 2.40. The fourth-order valence-electron chi connectivity index (χ4n) is 2.35. The number of allylic oxidation sites excluding steroid dienone is 3. The third-order valence-electron chi connectivity index (χ3n) is 4.96. The maximum atomic E-state index is 13.3. The van der Waals surface area contributed by atoms with Gasteiger partial charge in [0.15, 0.2) is 8.32 Å². The second-order valence-corrected chi connectivity index (χ2v) is 14.3. The first-order valence-electron chi connectivity index (χ1n) is 9.98. The molecule has 0 unspecified atom stereocenters. The fraction of sp³-hybridized carbons (Fsp3) is 0.478. The lowest BCUT2D eigenvalue weighted by Crippen LogP contribution is -2.47. The largest absolute Gasteiger partial charge is 0.466 e. The number of carbonyl (C=O) groups excluding carboxylic acids is 1. The van der Waals surface area contributed by atoms with Gasteiger partial charge in [-0.1, -0.05) is 39.0 Å². The molecule has 0 bridgehead atoms. The van der Waals surface area contributed by atoms with E-state index in [0.717, 1.165) is 4.90 Å². The van der Waals surface area contributed by atoms with Crippen LogP contribution in [-0.4, -0.2) is 32.2 Å². The lowest BCUT2D eigenvalue weighted by molar-refractivity contribution is -0.145. The van der Waals surface area contributed by atoms with E-state index >= 15 is 0 Å². The monoisotopic (exact) mass is 449 g/mol. The van der Waals surface area contributed by atoms with Crippen LogP contribution in [-0.2, 0) is 14.0 Å². The van der Waals surface area contributed by atoms with Crippen molar-refractivity contribution in [1.29, 1.82) is 5.26 Å². The maximum absolute atomic E-state index is 13.3. The Morgan fingerprint density at radius 3 is 2.43 bits per heavy atom. The molecule has 0 radical (unpaired) electrons. The number of nitrogens with zero attached hydrogens (tertiary/aromatic N) is 1. The highest BCUT2D eigenvalue weighted by molar-refractivity contribution is 8.00. The summed E-state index contributed by atoms with van der Waals surface area (Å²) in [4.78, 5) is 13.2. The van der Waals surface area contributed by atoms with Gasteiger partial charge < -0.3 is 9.16 Å². The first-order chi connectivity index (χ1) is 14.0. The van der Waals surface area contributed by atoms with Crippen molar-refractivity contribution in [2.75, 3.05) is 6.61 Å². The quantitative estimate of drug-likeness (QED) is 0.139. The minimum Gasteiger partial charge on any atom is -0.466 e. The molecule has 0 saturated carbocycles. The molecule has 0 amide bonds. The Morgan fingerprint density at radius 1 is 1.27 bits per heavy atom. The number of rotatable bonds is 10. The Hall–Kier alpha value is -1.88. The maximum Gasteiger partial charge on any atom is 0.308 e. The van der Waals surface area contributed by atoms with Gasteiger partial charge in [0, 0.05) is 11.0 Å². The van der Waals surface area contributed by atoms with Crippen LogP contribution in [0.4, 0.5) is 4.39 Å². The van der Waals surface area contributed by atoms with Crippen molar-refractivity contribution in [3.63, 3.8) is 0 Å². The SMILES string of the molecule is CCOC(=O)C[C@@H](O[Si](C)(C)C(C)(C)C)[C@@H](/C=C\C=C\C#N)Sc1ccc(F)cc1. The van der Waals surface area contributed by atoms with Gasteiger partial charge in [0.25, 0.3) is 0 Å². The van der Waals surface area contributed by atoms with Gasteiger partial charge in [-0.15, -0.1) is 11.8 Å². The molecule has 1 aromatic rings. The van der Waals surface area contributed by atoms with Crippen molar-refractivity contribution in [1.82, 2.24) is 0 Å². The number of esters is 1. The number of carbonyl (C=O) groups is 1. The van der Waals surface area contributed by atoms with E-state index in [1.807, 2.05) is 12.1 Å². The summed E-state index contributed by atoms with van der Waals surface area (Å²) in [5.41, 5.74) is 0. The van der Waals surface area contributed by atoms with Crippen molar-refractivity contribution >= 4 is 26.0 Å². The standard InChI is InChI=1S/C23H32FNO3SSi/c1-7-27-22(26)17-20(28-30(5,6)23(2,3)4)21(11-9-8-10-16-25)29-19-14-12-18(24)13-15-19/h8-15,20-21H,7,17H2,1-6H3/b10-8+,11-9-/t20-,21-/m1/s1. The summed E-state index contributed by atoms with van der Waals surface area (Å²) >= 11 is 1.49. The number of ether oxygens (including phenoxy) is 1. The second-order valence-electron chi connectivity index (χ2n) is 8.34. The van der Waals surface area contributed by atoms with E-state index in [0.29, 0.717) is 6.61 Å². The highest BCUT2D eigenvalue weighted by Gasteiger charge is 2.41. The zero-order valence-electron chi connectivity index (χ0n) is 18.6. The lowest BCUT2D eigenvalue weighted by atomic mass is 10.1. The van der Waals surface area contributed by atoms with Crippen LogP contribution in [0.1, 0.15) is 34.1 Å². The molecular weight excluding hydrogens is 417 g/mol. The van der Waals surface area contributed by atoms with Gasteiger partial charge in [-0.2, -0.15) is 5.26 Å². The normalized spacial score (nSPS) is 14.6. The van der Waals surface area contributed by atoms with Gasteiger partial charge in [0.1, 0.15) is 5.82 Å². The Bertz CT molecular complexity index is 779. The predicted molar refractivity (Wildman–Crippen MR) is 123 cm³/mol. The number of halogens is 1. The van der Waals surface area contributed by atoms with Crippen LogP contribution < -0.4 is 0 Å². The van der Waals surface area contributed by atoms with E-state index in [9.17, 15) is 9.18 Å². The molecule has 7 heteroatoms. The molecule has 0 spiro atoms. The van der Waals surface area contributed by atoms with Crippen molar-refractivity contribution in [2.45, 2.75) is 68.5 Å². The molecule has 0 aliphatic carbocycles. The molecule has 0 fully saturated rings. The van der Waals surface area contributed by atoms with Crippen LogP contribution in [0, 0.1) is 17.1 Å². The minimum absolute atomic E-state index is 0.0323. The zero-order chi connectivity index (χ0) is 22.8. The zero-order valence-corrected chi connectivity index (χ0v) is 20.5. The Balaban J connectivity index is 3.27. The van der Waals surface area contributed by atoms with E-state index in [-0.39, 0.29) is 28.5 Å². The van der Waals surface area contributed by atoms with E-state index in [1.165, 1.54) is 30.0 Å². The second kappa shape index (κ2) is 12.1. The molecule has 2 atom stereocenters. The Morgan fingerprint density at radius 2 is 1.90 bits per heavy atom. The van der Waals surface area contributed by atoms with Gasteiger partial charge in [0.05, 0.1) is 30.5 Å². The molecule has 0 heterocycles. The minimum atomic E-state index is -2.19. The topological polar surface area (TPSA) is 59.3 Å². The first-order valence-corrected chi connectivity index (χ1v) is 13.8. The summed E-state index contributed by atoms with van der Waals surface area (Å²) in [5, 5.41) is 8.47. The van der Waals surface area contributed by atoms with Crippen molar-refractivity contribution in [3.8, 4) is 6.07 Å². The molecule has 1 rings (SSSR count). The van der Waals surface area contributed by atoms with Gasteiger partial charge in [0.2, 0.25) is 0 Å². The average molecular weight is 450 g/mol. The number of benzene rings is 1. The van der Waals surface area contributed by atoms with Gasteiger partial charge in [-0.05, 0) is 49.3 Å². The molecule has 4 nitrogen and oxygen atoms in total. The predicted octanol–water partition coefficient (Wildman–Crippen LogP) is 6.27. The van der Waals surface area contributed by atoms with Gasteiger partial charge in [-0.3, -0.25) is 4.79 Å². The van der Waals surface area contributed by atoms with Crippen molar-refractivity contribution < 1.29 is 18.3 Å². The van der Waals surface area contributed by atoms with Crippen LogP contribution in [0.2, 0.25) is 18.1 Å². The smallest absolute Gasteiger partial charge is 0.308 e. The molecule has 0 aliphatic rings. The molecule has 0 saturated heterocycles.